The van der Waals surface area contributed by atoms with Gasteiger partial charge in [0.2, 0.25) is 0 Å². The first-order valence-electron chi connectivity index (χ1n) is 5.81. The molecule has 0 saturated heterocycles. The Balaban J connectivity index is 1.86. The smallest absolute Gasteiger partial charge is 0.123 e. The topological polar surface area (TPSA) is 21.3 Å². The molecule has 1 aromatic rings. The molecule has 88 valence electrons. The molecule has 1 aliphatic rings. The van der Waals surface area contributed by atoms with Gasteiger partial charge in [0, 0.05) is 17.4 Å². The van der Waals surface area contributed by atoms with Gasteiger partial charge < -0.3 is 10.1 Å². The predicted molar refractivity (Wildman–Crippen MR) is 70.0 cm³/mol. The van der Waals surface area contributed by atoms with Gasteiger partial charge in [0.1, 0.15) is 11.9 Å². The number of halogens is 1. The van der Waals surface area contributed by atoms with Crippen LogP contribution in [0.15, 0.2) is 22.7 Å². The third kappa shape index (κ3) is 2.98. The van der Waals surface area contributed by atoms with Gasteiger partial charge in [-0.2, -0.15) is 0 Å². The fraction of sp³-hybridized carbons (Fsp3) is 0.538. The Morgan fingerprint density at radius 2 is 2.31 bits per heavy atom. The number of rotatable bonds is 4. The van der Waals surface area contributed by atoms with Gasteiger partial charge in [-0.15, -0.1) is 0 Å². The average molecular weight is 284 g/mol. The van der Waals surface area contributed by atoms with Gasteiger partial charge in [-0.1, -0.05) is 29.8 Å². The molecule has 3 heteroatoms. The maximum absolute atomic E-state index is 5.86. The molecule has 0 radical (unpaired) electrons. The summed E-state index contributed by atoms with van der Waals surface area (Å²) in [4.78, 5) is 0. The Morgan fingerprint density at radius 3 is 3.06 bits per heavy atom. The lowest BCUT2D eigenvalue weighted by Crippen LogP contribution is -2.32. The van der Waals surface area contributed by atoms with Crippen LogP contribution in [0.4, 0.5) is 0 Å². The van der Waals surface area contributed by atoms with Crippen molar-refractivity contribution in [2.75, 3.05) is 13.1 Å². The molecular weight excluding hydrogens is 266 g/mol. The summed E-state index contributed by atoms with van der Waals surface area (Å²) >= 11 is 3.49. The van der Waals surface area contributed by atoms with Crippen LogP contribution in [0, 0.1) is 5.92 Å². The summed E-state index contributed by atoms with van der Waals surface area (Å²) in [6, 6.07) is 6.22. The molecule has 2 nitrogen and oxygen atoms in total. The first-order chi connectivity index (χ1) is 7.65. The van der Waals surface area contributed by atoms with E-state index in [0.717, 1.165) is 29.7 Å². The van der Waals surface area contributed by atoms with Crippen LogP contribution < -0.4 is 10.1 Å². The zero-order valence-corrected chi connectivity index (χ0v) is 11.4. The van der Waals surface area contributed by atoms with Gasteiger partial charge >= 0.3 is 0 Å². The van der Waals surface area contributed by atoms with Crippen molar-refractivity contribution >= 4 is 15.9 Å². The largest absolute Gasteiger partial charge is 0.488 e. The Morgan fingerprint density at radius 1 is 1.50 bits per heavy atom. The van der Waals surface area contributed by atoms with E-state index in [4.69, 9.17) is 4.74 Å². The molecule has 1 aromatic carbocycles. The van der Waals surface area contributed by atoms with Crippen molar-refractivity contribution in [1.82, 2.24) is 5.32 Å². The summed E-state index contributed by atoms with van der Waals surface area (Å²) in [5.74, 6) is 1.73. The monoisotopic (exact) mass is 283 g/mol. The minimum Gasteiger partial charge on any atom is -0.488 e. The van der Waals surface area contributed by atoms with E-state index in [-0.39, 0.29) is 0 Å². The van der Waals surface area contributed by atoms with Crippen LogP contribution in [0.2, 0.25) is 0 Å². The first-order valence-corrected chi connectivity index (χ1v) is 6.60. The lowest BCUT2D eigenvalue weighted by atomic mass is 10.1. The molecule has 1 unspecified atom stereocenters. The minimum atomic E-state index is 0.294. The number of hydrogen-bond acceptors (Lipinski definition) is 2. The number of nitrogens with one attached hydrogen (secondary N) is 1. The first kappa shape index (κ1) is 11.9. The van der Waals surface area contributed by atoms with Gasteiger partial charge in [-0.05, 0) is 36.2 Å². The standard InChI is InChI=1S/C13H18BrNO/c1-9(2)7-15-8-12-6-10-5-11(14)3-4-13(10)16-12/h3-5,9,12,15H,6-8H2,1-2H3. The minimum absolute atomic E-state index is 0.294. The second-order valence-corrected chi connectivity index (χ2v) is 5.66. The van der Waals surface area contributed by atoms with Crippen molar-refractivity contribution in [3.05, 3.63) is 28.2 Å². The van der Waals surface area contributed by atoms with E-state index in [2.05, 4.69) is 41.2 Å². The molecule has 1 aliphatic heterocycles. The van der Waals surface area contributed by atoms with Crippen molar-refractivity contribution < 1.29 is 4.74 Å². The molecule has 0 fully saturated rings. The van der Waals surface area contributed by atoms with Crippen molar-refractivity contribution in [2.45, 2.75) is 26.4 Å². The third-order valence-corrected chi connectivity index (χ3v) is 3.18. The van der Waals surface area contributed by atoms with Crippen LogP contribution >= 0.6 is 15.9 Å². The number of ether oxygens (including phenoxy) is 1. The van der Waals surface area contributed by atoms with Gasteiger partial charge in [0.25, 0.3) is 0 Å². The molecule has 0 aromatic heterocycles. The quantitative estimate of drug-likeness (QED) is 0.917. The molecule has 0 amide bonds. The SMILES string of the molecule is CC(C)CNCC1Cc2cc(Br)ccc2O1. The summed E-state index contributed by atoms with van der Waals surface area (Å²) in [5.41, 5.74) is 1.31. The van der Waals surface area contributed by atoms with Gasteiger partial charge in [-0.25, -0.2) is 0 Å². The highest BCUT2D eigenvalue weighted by atomic mass is 79.9. The zero-order chi connectivity index (χ0) is 11.5. The highest BCUT2D eigenvalue weighted by Crippen LogP contribution is 2.30. The number of hydrogen-bond donors (Lipinski definition) is 1. The summed E-state index contributed by atoms with van der Waals surface area (Å²) in [5, 5.41) is 3.44. The average Bonchev–Trinajstić information content (AvgIpc) is 2.58. The van der Waals surface area contributed by atoms with Crippen LogP contribution in [-0.2, 0) is 6.42 Å². The Bertz CT molecular complexity index is 365. The molecule has 2 rings (SSSR count). The second kappa shape index (κ2) is 5.19. The van der Waals surface area contributed by atoms with Crippen LogP contribution in [0.1, 0.15) is 19.4 Å². The Hall–Kier alpha value is -0.540. The normalized spacial score (nSPS) is 18.6. The summed E-state index contributed by atoms with van der Waals surface area (Å²) in [6.07, 6.45) is 1.31. The van der Waals surface area contributed by atoms with E-state index in [1.165, 1.54) is 5.56 Å². The summed E-state index contributed by atoms with van der Waals surface area (Å²) < 4.78 is 6.99. The predicted octanol–water partition coefficient (Wildman–Crippen LogP) is 3.00. The summed E-state index contributed by atoms with van der Waals surface area (Å²) in [7, 11) is 0. The maximum atomic E-state index is 5.86. The highest BCUT2D eigenvalue weighted by molar-refractivity contribution is 9.10. The zero-order valence-electron chi connectivity index (χ0n) is 9.79. The van der Waals surface area contributed by atoms with Gasteiger partial charge in [0.05, 0.1) is 0 Å². The van der Waals surface area contributed by atoms with E-state index in [1.54, 1.807) is 0 Å². The lowest BCUT2D eigenvalue weighted by molar-refractivity contribution is 0.226. The van der Waals surface area contributed by atoms with E-state index in [1.807, 2.05) is 12.1 Å². The van der Waals surface area contributed by atoms with E-state index in [9.17, 15) is 0 Å². The van der Waals surface area contributed by atoms with Crippen LogP contribution in [0.25, 0.3) is 0 Å². The summed E-state index contributed by atoms with van der Waals surface area (Å²) in [6.45, 7) is 6.42. The number of fused-ring (bicyclic) bond motifs is 1. The Kier molecular flexibility index (Phi) is 3.87. The molecule has 0 bridgehead atoms. The van der Waals surface area contributed by atoms with Crippen molar-refractivity contribution in [1.29, 1.82) is 0 Å². The van der Waals surface area contributed by atoms with E-state index in [0.29, 0.717) is 12.0 Å². The molecule has 1 N–H and O–H groups in total. The van der Waals surface area contributed by atoms with Crippen molar-refractivity contribution in [2.24, 2.45) is 5.92 Å². The fourth-order valence-electron chi connectivity index (χ4n) is 1.94. The fourth-order valence-corrected chi connectivity index (χ4v) is 2.34. The van der Waals surface area contributed by atoms with Crippen molar-refractivity contribution in [3.8, 4) is 5.75 Å². The van der Waals surface area contributed by atoms with Crippen LogP contribution in [0.3, 0.4) is 0 Å². The molecule has 0 spiro atoms. The van der Waals surface area contributed by atoms with E-state index < -0.39 is 0 Å². The molecule has 1 heterocycles. The van der Waals surface area contributed by atoms with E-state index >= 15 is 0 Å². The molecular formula is C13H18BrNO. The third-order valence-electron chi connectivity index (χ3n) is 2.69. The van der Waals surface area contributed by atoms with Gasteiger partial charge in [0.15, 0.2) is 0 Å². The van der Waals surface area contributed by atoms with Crippen LogP contribution in [-0.4, -0.2) is 19.2 Å². The maximum Gasteiger partial charge on any atom is 0.123 e. The molecule has 1 atom stereocenters. The molecule has 0 aliphatic carbocycles. The lowest BCUT2D eigenvalue weighted by Gasteiger charge is -2.13. The van der Waals surface area contributed by atoms with Crippen LogP contribution in [0.5, 0.6) is 5.75 Å². The molecule has 16 heavy (non-hydrogen) atoms. The highest BCUT2D eigenvalue weighted by Gasteiger charge is 2.22. The Labute approximate surface area is 106 Å². The van der Waals surface area contributed by atoms with Crippen molar-refractivity contribution in [3.63, 3.8) is 0 Å². The number of benzene rings is 1. The van der Waals surface area contributed by atoms with Gasteiger partial charge in [-0.3, -0.25) is 0 Å². The second-order valence-electron chi connectivity index (χ2n) is 4.75. The molecule has 0 saturated carbocycles.